The monoisotopic (exact) mass is 502 g/mol. The second-order valence-electron chi connectivity index (χ2n) is 7.83. The van der Waals surface area contributed by atoms with Crippen molar-refractivity contribution in [2.45, 2.75) is 49.9 Å². The number of fused-ring (bicyclic) bond motifs is 1. The van der Waals surface area contributed by atoms with Gasteiger partial charge in [0.1, 0.15) is 11.4 Å². The van der Waals surface area contributed by atoms with Crippen LogP contribution in [0.3, 0.4) is 0 Å². The number of alkyl halides is 2. The first-order valence-electron chi connectivity index (χ1n) is 10.8. The van der Waals surface area contributed by atoms with E-state index < -0.39 is 6.43 Å². The molecule has 0 radical (unpaired) electrons. The van der Waals surface area contributed by atoms with Gasteiger partial charge in [0, 0.05) is 27.3 Å². The van der Waals surface area contributed by atoms with E-state index >= 15 is 0 Å². The summed E-state index contributed by atoms with van der Waals surface area (Å²) in [4.78, 5) is 22.1. The Balaban J connectivity index is 1.43. The molecule has 6 nitrogen and oxygen atoms in total. The summed E-state index contributed by atoms with van der Waals surface area (Å²) in [6.45, 7) is 1.66. The number of ether oxygens (including phenoxy) is 1. The summed E-state index contributed by atoms with van der Waals surface area (Å²) in [7, 11) is 1.57. The van der Waals surface area contributed by atoms with Crippen LogP contribution < -0.4 is 10.2 Å². The summed E-state index contributed by atoms with van der Waals surface area (Å²) in [5.74, 6) is 0.872. The minimum absolute atomic E-state index is 0.202. The van der Waals surface area contributed by atoms with Crippen molar-refractivity contribution in [1.29, 1.82) is 0 Å². The number of carbonyl (C=O) groups excluding carboxylic acids is 1. The van der Waals surface area contributed by atoms with Crippen LogP contribution in [0.2, 0.25) is 0 Å². The van der Waals surface area contributed by atoms with Gasteiger partial charge in [-0.25, -0.2) is 24.2 Å². The molecule has 0 aliphatic heterocycles. The van der Waals surface area contributed by atoms with E-state index in [1.165, 1.54) is 29.1 Å². The summed E-state index contributed by atoms with van der Waals surface area (Å²) in [6.07, 6.45) is 3.19. The number of methoxy groups -OCH3 is 1. The highest BCUT2D eigenvalue weighted by Crippen LogP contribution is 2.30. The van der Waals surface area contributed by atoms with Gasteiger partial charge in [-0.15, -0.1) is 11.3 Å². The van der Waals surface area contributed by atoms with Crippen molar-refractivity contribution in [3.63, 3.8) is 0 Å². The van der Waals surface area contributed by atoms with Crippen LogP contribution in [0.5, 0.6) is 5.75 Å². The van der Waals surface area contributed by atoms with E-state index in [1.807, 2.05) is 17.5 Å². The van der Waals surface area contributed by atoms with Gasteiger partial charge >= 0.3 is 0 Å². The number of thiophene rings is 1. The predicted molar refractivity (Wildman–Crippen MR) is 130 cm³/mol. The Morgan fingerprint density at radius 2 is 2.12 bits per heavy atom. The Bertz CT molecular complexity index is 1210. The normalized spacial score (nSPS) is 13.3. The van der Waals surface area contributed by atoms with Crippen LogP contribution in [0, 0.1) is 6.92 Å². The minimum atomic E-state index is -2.65. The number of aromatic nitrogens is 2. The fourth-order valence-corrected chi connectivity index (χ4v) is 5.80. The first kappa shape index (κ1) is 24.3. The molecule has 178 valence electrons. The van der Waals surface area contributed by atoms with E-state index in [0.717, 1.165) is 36.0 Å². The SMILES string of the molecule is COc1ccc(/C=N/NC(=O)c2csc3c2CCCC3)cc1CSc1nc(C)cc(C(F)F)n1. The molecule has 1 N–H and O–H groups in total. The number of thioether (sulfide) groups is 1. The fraction of sp³-hybridized carbons (Fsp3) is 0.333. The van der Waals surface area contributed by atoms with Gasteiger partial charge in [-0.05, 0) is 68.0 Å². The molecular weight excluding hydrogens is 478 g/mol. The molecule has 3 aromatic rings. The van der Waals surface area contributed by atoms with Gasteiger partial charge < -0.3 is 4.74 Å². The Morgan fingerprint density at radius 3 is 2.91 bits per heavy atom. The smallest absolute Gasteiger partial charge is 0.280 e. The third kappa shape index (κ3) is 5.79. The highest BCUT2D eigenvalue weighted by molar-refractivity contribution is 7.98. The summed E-state index contributed by atoms with van der Waals surface area (Å²) in [5, 5.41) is 6.32. The molecule has 1 aromatic carbocycles. The third-order valence-corrected chi connectivity index (χ3v) is 7.41. The zero-order chi connectivity index (χ0) is 24.1. The molecule has 4 rings (SSSR count). The maximum absolute atomic E-state index is 13.0. The van der Waals surface area contributed by atoms with Crippen molar-refractivity contribution < 1.29 is 18.3 Å². The standard InChI is InChI=1S/C24H24F2N4O2S2/c1-14-9-19(22(25)26)29-24(28-14)34-12-16-10-15(7-8-20(16)32-2)11-27-30-23(31)18-13-33-21-6-4-3-5-17(18)21/h7-11,13,22H,3-6,12H2,1-2H3,(H,30,31)/b27-11+. The van der Waals surface area contributed by atoms with Crippen LogP contribution in [0.25, 0.3) is 0 Å². The molecule has 34 heavy (non-hydrogen) atoms. The lowest BCUT2D eigenvalue weighted by Gasteiger charge is -2.11. The van der Waals surface area contributed by atoms with Gasteiger partial charge in [-0.2, -0.15) is 5.10 Å². The topological polar surface area (TPSA) is 76.5 Å². The molecule has 2 heterocycles. The van der Waals surface area contributed by atoms with E-state index in [4.69, 9.17) is 4.74 Å². The van der Waals surface area contributed by atoms with Crippen molar-refractivity contribution in [3.05, 3.63) is 68.2 Å². The van der Waals surface area contributed by atoms with E-state index in [2.05, 4.69) is 20.5 Å². The number of hydrazone groups is 1. The van der Waals surface area contributed by atoms with Gasteiger partial charge in [-0.1, -0.05) is 11.8 Å². The van der Waals surface area contributed by atoms with Crippen LogP contribution in [0.4, 0.5) is 8.78 Å². The van der Waals surface area contributed by atoms with Gasteiger partial charge in [-0.3, -0.25) is 4.79 Å². The van der Waals surface area contributed by atoms with E-state index in [0.29, 0.717) is 22.8 Å². The lowest BCUT2D eigenvalue weighted by atomic mass is 9.96. The number of halogens is 2. The molecule has 0 fully saturated rings. The Kier molecular flexibility index (Phi) is 7.89. The van der Waals surface area contributed by atoms with E-state index in [9.17, 15) is 13.6 Å². The number of amides is 1. The predicted octanol–water partition coefficient (Wildman–Crippen LogP) is 5.73. The number of nitrogens with zero attached hydrogens (tertiary/aromatic N) is 3. The van der Waals surface area contributed by atoms with Crippen molar-refractivity contribution in [1.82, 2.24) is 15.4 Å². The van der Waals surface area contributed by atoms with Crippen LogP contribution in [-0.4, -0.2) is 29.2 Å². The zero-order valence-corrected chi connectivity index (χ0v) is 20.4. The number of hydrogen-bond acceptors (Lipinski definition) is 7. The molecule has 0 atom stereocenters. The van der Waals surface area contributed by atoms with Crippen molar-refractivity contribution in [3.8, 4) is 5.75 Å². The van der Waals surface area contributed by atoms with Gasteiger partial charge in [0.2, 0.25) is 0 Å². The first-order chi connectivity index (χ1) is 16.4. The molecule has 1 amide bonds. The van der Waals surface area contributed by atoms with Crippen molar-refractivity contribution in [2.24, 2.45) is 5.10 Å². The highest BCUT2D eigenvalue weighted by atomic mass is 32.2. The second-order valence-corrected chi connectivity index (χ2v) is 9.74. The molecule has 10 heteroatoms. The molecule has 1 aliphatic carbocycles. The molecule has 2 aromatic heterocycles. The molecular formula is C24H24F2N4O2S2. The molecule has 0 saturated heterocycles. The number of carbonyl (C=O) groups is 1. The van der Waals surface area contributed by atoms with E-state index in [-0.39, 0.29) is 16.8 Å². The van der Waals surface area contributed by atoms with Crippen molar-refractivity contribution in [2.75, 3.05) is 7.11 Å². The average molecular weight is 503 g/mol. The number of hydrogen-bond donors (Lipinski definition) is 1. The maximum Gasteiger partial charge on any atom is 0.280 e. The number of aryl methyl sites for hydroxylation is 2. The maximum atomic E-state index is 13.0. The van der Waals surface area contributed by atoms with Crippen LogP contribution in [0.15, 0.2) is 39.9 Å². The molecule has 0 bridgehead atoms. The lowest BCUT2D eigenvalue weighted by molar-refractivity contribution is 0.0954. The minimum Gasteiger partial charge on any atom is -0.496 e. The molecule has 0 unspecified atom stereocenters. The summed E-state index contributed by atoms with van der Waals surface area (Å²) >= 11 is 2.89. The fourth-order valence-electron chi connectivity index (χ4n) is 3.79. The number of benzene rings is 1. The van der Waals surface area contributed by atoms with Crippen LogP contribution >= 0.6 is 23.1 Å². The summed E-state index contributed by atoms with van der Waals surface area (Å²) < 4.78 is 31.5. The lowest BCUT2D eigenvalue weighted by Crippen LogP contribution is -2.19. The average Bonchev–Trinajstić information content (AvgIpc) is 3.27. The Morgan fingerprint density at radius 1 is 1.29 bits per heavy atom. The quantitative estimate of drug-likeness (QED) is 0.184. The Hall–Kier alpha value is -2.85. The highest BCUT2D eigenvalue weighted by Gasteiger charge is 2.19. The molecule has 0 saturated carbocycles. The largest absolute Gasteiger partial charge is 0.496 e. The third-order valence-electron chi connectivity index (χ3n) is 5.42. The zero-order valence-electron chi connectivity index (χ0n) is 18.8. The van der Waals surface area contributed by atoms with Gasteiger partial charge in [0.25, 0.3) is 12.3 Å². The number of rotatable bonds is 8. The van der Waals surface area contributed by atoms with Gasteiger partial charge in [0.05, 0.1) is 18.9 Å². The van der Waals surface area contributed by atoms with Crippen LogP contribution in [0.1, 0.15) is 62.6 Å². The van der Waals surface area contributed by atoms with Gasteiger partial charge in [0.15, 0.2) is 5.16 Å². The first-order valence-corrected chi connectivity index (χ1v) is 12.7. The van der Waals surface area contributed by atoms with Crippen molar-refractivity contribution >= 4 is 35.2 Å². The number of nitrogens with one attached hydrogen (secondary N) is 1. The molecule has 1 aliphatic rings. The second kappa shape index (κ2) is 11.1. The van der Waals surface area contributed by atoms with E-state index in [1.54, 1.807) is 37.7 Å². The summed E-state index contributed by atoms with van der Waals surface area (Å²) in [6, 6.07) is 6.79. The molecule has 0 spiro atoms. The van der Waals surface area contributed by atoms with Crippen LogP contribution in [-0.2, 0) is 18.6 Å². The summed E-state index contributed by atoms with van der Waals surface area (Å²) in [5.41, 5.74) is 6.29. The Labute approximate surface area is 204 Å².